The smallest absolute Gasteiger partial charge is 0.313 e. The average Bonchev–Trinajstić information content (AvgIpc) is 2.97. The molecule has 0 bridgehead atoms. The molecule has 0 spiro atoms. The molecule has 0 radical (unpaired) electrons. The van der Waals surface area contributed by atoms with Gasteiger partial charge < -0.3 is 10.2 Å². The zero-order valence-corrected chi connectivity index (χ0v) is 12.9. The van der Waals surface area contributed by atoms with Crippen LogP contribution in [0, 0.1) is 0 Å². The fourth-order valence-corrected chi connectivity index (χ4v) is 3.04. The Hall–Kier alpha value is -1.65. The number of carboxylic acids is 2. The quantitative estimate of drug-likeness (QED) is 0.728. The number of thioether (sulfide) groups is 2. The second-order valence-electron chi connectivity index (χ2n) is 3.60. The minimum absolute atomic E-state index is 0.171. The lowest BCUT2D eigenvalue weighted by Crippen LogP contribution is -2.04. The Morgan fingerprint density at radius 3 is 2.05 bits per heavy atom. The minimum atomic E-state index is -0.975. The minimum Gasteiger partial charge on any atom is -0.481 e. The highest BCUT2D eigenvalue weighted by molar-refractivity contribution is 8.00. The number of thiophene rings is 1. The van der Waals surface area contributed by atoms with Gasteiger partial charge in [-0.15, -0.1) is 0 Å². The SMILES string of the molecule is O=C(O)CSc1nc(SCC(=O)O)nc(-c2ccsc2)n1. The van der Waals surface area contributed by atoms with Crippen LogP contribution in [-0.4, -0.2) is 48.6 Å². The van der Waals surface area contributed by atoms with Crippen molar-refractivity contribution in [3.63, 3.8) is 0 Å². The Balaban J connectivity index is 2.26. The number of carboxylic acid groups (broad SMARTS) is 2. The van der Waals surface area contributed by atoms with Crippen molar-refractivity contribution in [2.24, 2.45) is 0 Å². The largest absolute Gasteiger partial charge is 0.481 e. The van der Waals surface area contributed by atoms with E-state index in [1.54, 1.807) is 0 Å². The van der Waals surface area contributed by atoms with Crippen molar-refractivity contribution in [2.75, 3.05) is 11.5 Å². The summed E-state index contributed by atoms with van der Waals surface area (Å²) in [7, 11) is 0. The highest BCUT2D eigenvalue weighted by Crippen LogP contribution is 2.24. The van der Waals surface area contributed by atoms with Crippen LogP contribution in [0.3, 0.4) is 0 Å². The molecule has 2 heterocycles. The lowest BCUT2D eigenvalue weighted by atomic mass is 10.3. The predicted molar refractivity (Wildman–Crippen MR) is 79.9 cm³/mol. The van der Waals surface area contributed by atoms with Gasteiger partial charge in [-0.2, -0.15) is 16.3 Å². The second kappa shape index (κ2) is 7.38. The van der Waals surface area contributed by atoms with Gasteiger partial charge in [-0.25, -0.2) is 9.97 Å². The molecule has 0 unspecified atom stereocenters. The molecule has 7 nitrogen and oxygen atoms in total. The number of aromatic nitrogens is 3. The highest BCUT2D eigenvalue weighted by Gasteiger charge is 2.12. The van der Waals surface area contributed by atoms with Gasteiger partial charge in [-0.3, -0.25) is 9.59 Å². The maximum Gasteiger partial charge on any atom is 0.313 e. The number of hydrogen-bond donors (Lipinski definition) is 2. The Labute approximate surface area is 131 Å². The van der Waals surface area contributed by atoms with Crippen LogP contribution in [0.25, 0.3) is 11.4 Å². The van der Waals surface area contributed by atoms with Gasteiger partial charge in [-0.1, -0.05) is 23.5 Å². The molecular weight excluding hydrogens is 334 g/mol. The van der Waals surface area contributed by atoms with Crippen molar-refractivity contribution in [1.82, 2.24) is 15.0 Å². The fraction of sp³-hybridized carbons (Fsp3) is 0.182. The van der Waals surface area contributed by atoms with Gasteiger partial charge in [0, 0.05) is 10.9 Å². The van der Waals surface area contributed by atoms with Crippen LogP contribution in [0.15, 0.2) is 27.1 Å². The molecular formula is C11H9N3O4S3. The first kappa shape index (κ1) is 15.7. The summed E-state index contributed by atoms with van der Waals surface area (Å²) >= 11 is 3.42. The molecule has 10 heteroatoms. The van der Waals surface area contributed by atoms with Crippen molar-refractivity contribution in [3.8, 4) is 11.4 Å². The lowest BCUT2D eigenvalue weighted by molar-refractivity contribution is -0.134. The number of aliphatic carboxylic acids is 2. The molecule has 2 rings (SSSR count). The predicted octanol–water partition coefficient (Wildman–Crippen LogP) is 1.95. The maximum absolute atomic E-state index is 10.6. The number of nitrogens with zero attached hydrogens (tertiary/aromatic N) is 3. The van der Waals surface area contributed by atoms with E-state index in [-0.39, 0.29) is 21.8 Å². The van der Waals surface area contributed by atoms with Crippen LogP contribution >= 0.6 is 34.9 Å². The van der Waals surface area contributed by atoms with E-state index in [9.17, 15) is 9.59 Å². The maximum atomic E-state index is 10.6. The first-order chi connectivity index (χ1) is 10.0. The third kappa shape index (κ3) is 4.99. The summed E-state index contributed by atoms with van der Waals surface area (Å²) in [4.78, 5) is 33.7. The molecule has 0 aromatic carbocycles. The van der Waals surface area contributed by atoms with Crippen molar-refractivity contribution < 1.29 is 19.8 Å². The van der Waals surface area contributed by atoms with E-state index in [1.165, 1.54) is 11.3 Å². The van der Waals surface area contributed by atoms with Crippen LogP contribution in [0.5, 0.6) is 0 Å². The van der Waals surface area contributed by atoms with Crippen LogP contribution in [0.2, 0.25) is 0 Å². The van der Waals surface area contributed by atoms with Gasteiger partial charge in [0.2, 0.25) is 0 Å². The topological polar surface area (TPSA) is 113 Å². The molecule has 0 fully saturated rings. The van der Waals surface area contributed by atoms with E-state index >= 15 is 0 Å². The van der Waals surface area contributed by atoms with E-state index in [0.717, 1.165) is 29.1 Å². The van der Waals surface area contributed by atoms with Crippen molar-refractivity contribution in [1.29, 1.82) is 0 Å². The molecule has 0 aliphatic heterocycles. The summed E-state index contributed by atoms with van der Waals surface area (Å²) in [6.45, 7) is 0. The van der Waals surface area contributed by atoms with Crippen molar-refractivity contribution in [3.05, 3.63) is 16.8 Å². The molecule has 2 aromatic heterocycles. The Morgan fingerprint density at radius 2 is 1.62 bits per heavy atom. The van der Waals surface area contributed by atoms with Gasteiger partial charge in [0.1, 0.15) is 0 Å². The number of rotatable bonds is 7. The van der Waals surface area contributed by atoms with Crippen LogP contribution in [-0.2, 0) is 9.59 Å². The van der Waals surface area contributed by atoms with E-state index in [0.29, 0.717) is 5.82 Å². The van der Waals surface area contributed by atoms with Crippen LogP contribution < -0.4 is 0 Å². The normalized spacial score (nSPS) is 10.5. The van der Waals surface area contributed by atoms with E-state index in [2.05, 4.69) is 15.0 Å². The highest BCUT2D eigenvalue weighted by atomic mass is 32.2. The lowest BCUT2D eigenvalue weighted by Gasteiger charge is -2.04. The summed E-state index contributed by atoms with van der Waals surface area (Å²) in [6.07, 6.45) is 0. The number of carbonyl (C=O) groups is 2. The molecule has 0 saturated heterocycles. The molecule has 2 N–H and O–H groups in total. The Kier molecular flexibility index (Phi) is 5.53. The monoisotopic (exact) mass is 343 g/mol. The average molecular weight is 343 g/mol. The van der Waals surface area contributed by atoms with Crippen molar-refractivity contribution >= 4 is 46.8 Å². The molecule has 0 amide bonds. The summed E-state index contributed by atoms with van der Waals surface area (Å²) in [5, 5.41) is 21.7. The summed E-state index contributed by atoms with van der Waals surface area (Å²) < 4.78 is 0. The van der Waals surface area contributed by atoms with Crippen molar-refractivity contribution in [2.45, 2.75) is 10.3 Å². The van der Waals surface area contributed by atoms with E-state index in [4.69, 9.17) is 10.2 Å². The molecule has 110 valence electrons. The zero-order valence-electron chi connectivity index (χ0n) is 10.4. The summed E-state index contributed by atoms with van der Waals surface area (Å²) in [5.41, 5.74) is 0.789. The molecule has 0 atom stereocenters. The first-order valence-electron chi connectivity index (χ1n) is 5.52. The molecule has 2 aromatic rings. The Morgan fingerprint density at radius 1 is 1.05 bits per heavy atom. The standard InChI is InChI=1S/C11H9N3O4S3/c15-7(16)4-20-10-12-9(6-1-2-19-3-6)13-11(14-10)21-5-8(17)18/h1-3H,4-5H2,(H,15,16)(H,17,18). The van der Waals surface area contributed by atoms with Gasteiger partial charge >= 0.3 is 11.9 Å². The van der Waals surface area contributed by atoms with Gasteiger partial charge in [0.25, 0.3) is 0 Å². The molecule has 21 heavy (non-hydrogen) atoms. The number of hydrogen-bond acceptors (Lipinski definition) is 8. The van der Waals surface area contributed by atoms with Gasteiger partial charge in [0.05, 0.1) is 11.5 Å². The van der Waals surface area contributed by atoms with Gasteiger partial charge in [0.15, 0.2) is 16.1 Å². The fourth-order valence-electron chi connectivity index (χ4n) is 1.24. The third-order valence-corrected chi connectivity index (χ3v) is 4.37. The zero-order chi connectivity index (χ0) is 15.2. The molecule has 0 aliphatic carbocycles. The van der Waals surface area contributed by atoms with E-state index < -0.39 is 11.9 Å². The first-order valence-corrected chi connectivity index (χ1v) is 8.44. The van der Waals surface area contributed by atoms with Gasteiger partial charge in [-0.05, 0) is 11.4 Å². The summed E-state index contributed by atoms with van der Waals surface area (Å²) in [6, 6.07) is 1.83. The van der Waals surface area contributed by atoms with Crippen LogP contribution in [0.4, 0.5) is 0 Å². The van der Waals surface area contributed by atoms with Crippen LogP contribution in [0.1, 0.15) is 0 Å². The summed E-state index contributed by atoms with van der Waals surface area (Å²) in [5.74, 6) is -1.88. The second-order valence-corrected chi connectivity index (χ2v) is 6.27. The molecule has 0 saturated carbocycles. The van der Waals surface area contributed by atoms with E-state index in [1.807, 2.05) is 16.8 Å². The third-order valence-electron chi connectivity index (χ3n) is 2.02. The Bertz CT molecular complexity index is 612. The molecule has 0 aliphatic rings.